The number of unbranched alkanes of at least 4 members (excludes halogenated alkanes) is 6. The van der Waals surface area contributed by atoms with Crippen LogP contribution in [0.4, 0.5) is 0 Å². The Morgan fingerprint density at radius 2 is 1.33 bits per heavy atom. The zero-order valence-corrected chi connectivity index (χ0v) is 11.4. The van der Waals surface area contributed by atoms with Gasteiger partial charge in [0, 0.05) is 0 Å². The zero-order valence-electron chi connectivity index (χ0n) is 11.4. The topological polar surface area (TPSA) is 0 Å². The molecule has 0 saturated carbocycles. The average molecular weight is 210 g/mol. The van der Waals surface area contributed by atoms with Gasteiger partial charge in [-0.15, -0.1) is 0 Å². The van der Waals surface area contributed by atoms with Gasteiger partial charge in [-0.1, -0.05) is 84.4 Å². The van der Waals surface area contributed by atoms with Gasteiger partial charge in [0.1, 0.15) is 7.85 Å². The Kier molecular flexibility index (Phi) is 12.2. The van der Waals surface area contributed by atoms with Gasteiger partial charge in [-0.2, -0.15) is 0 Å². The zero-order chi connectivity index (χ0) is 11.4. The van der Waals surface area contributed by atoms with Gasteiger partial charge in [0.05, 0.1) is 0 Å². The maximum absolute atomic E-state index is 2.43. The van der Waals surface area contributed by atoms with E-state index >= 15 is 0 Å². The minimum absolute atomic E-state index is 0.975. The van der Waals surface area contributed by atoms with Crippen LogP contribution in [0, 0.1) is 5.92 Å². The molecule has 90 valence electrons. The summed E-state index contributed by atoms with van der Waals surface area (Å²) in [5, 5.41) is 0. The fourth-order valence-electron chi connectivity index (χ4n) is 2.16. The standard InChI is InChI=1S/C14H31B/c1-3-4-5-6-7-8-11-14(2)12-9-10-13-15/h14H,3-13,15H2,1-2H3. The fourth-order valence-corrected chi connectivity index (χ4v) is 2.16. The summed E-state index contributed by atoms with van der Waals surface area (Å²) in [7, 11) is 2.29. The summed E-state index contributed by atoms with van der Waals surface area (Å²) in [5.41, 5.74) is 0. The van der Waals surface area contributed by atoms with Crippen LogP contribution in [0.25, 0.3) is 0 Å². The molecule has 0 aliphatic heterocycles. The minimum Gasteiger partial charge on any atom is -0.0811 e. The molecule has 0 aliphatic rings. The predicted octanol–water partition coefficient (Wildman–Crippen LogP) is 4.59. The van der Waals surface area contributed by atoms with E-state index in [4.69, 9.17) is 0 Å². The Balaban J connectivity index is 3.06. The fraction of sp³-hybridized carbons (Fsp3) is 1.00. The highest BCUT2D eigenvalue weighted by Crippen LogP contribution is 2.17. The van der Waals surface area contributed by atoms with Gasteiger partial charge in [0.15, 0.2) is 0 Å². The first-order valence-corrected chi connectivity index (χ1v) is 7.31. The summed E-state index contributed by atoms with van der Waals surface area (Å²) in [5.74, 6) is 0.975. The third-order valence-electron chi connectivity index (χ3n) is 3.35. The second kappa shape index (κ2) is 12.1. The molecule has 0 amide bonds. The Labute approximate surface area is 98.6 Å². The van der Waals surface area contributed by atoms with Crippen molar-refractivity contribution in [2.45, 2.75) is 84.4 Å². The summed E-state index contributed by atoms with van der Waals surface area (Å²) in [6, 6.07) is 0. The molecule has 0 bridgehead atoms. The molecule has 0 aromatic rings. The predicted molar refractivity (Wildman–Crippen MR) is 74.4 cm³/mol. The summed E-state index contributed by atoms with van der Waals surface area (Å²) in [6.45, 7) is 4.72. The summed E-state index contributed by atoms with van der Waals surface area (Å²) >= 11 is 0. The van der Waals surface area contributed by atoms with Crippen LogP contribution < -0.4 is 0 Å². The lowest BCUT2D eigenvalue weighted by atomic mass is 9.93. The van der Waals surface area contributed by atoms with Crippen LogP contribution in [0.3, 0.4) is 0 Å². The van der Waals surface area contributed by atoms with E-state index in [2.05, 4.69) is 21.7 Å². The van der Waals surface area contributed by atoms with E-state index in [9.17, 15) is 0 Å². The van der Waals surface area contributed by atoms with Gasteiger partial charge in [-0.05, 0) is 5.92 Å². The molecule has 0 aromatic heterocycles. The van der Waals surface area contributed by atoms with Crippen molar-refractivity contribution in [2.75, 3.05) is 0 Å². The highest BCUT2D eigenvalue weighted by atomic mass is 14.1. The smallest absolute Gasteiger partial charge is 0.0811 e. The van der Waals surface area contributed by atoms with E-state index in [1.807, 2.05) is 0 Å². The van der Waals surface area contributed by atoms with Crippen molar-refractivity contribution >= 4 is 7.85 Å². The van der Waals surface area contributed by atoms with Crippen LogP contribution in [0.5, 0.6) is 0 Å². The second-order valence-electron chi connectivity index (χ2n) is 5.16. The molecular weight excluding hydrogens is 179 g/mol. The molecule has 0 nitrogen and oxygen atoms in total. The van der Waals surface area contributed by atoms with Gasteiger partial charge >= 0.3 is 0 Å². The van der Waals surface area contributed by atoms with Crippen LogP contribution in [-0.4, -0.2) is 7.85 Å². The van der Waals surface area contributed by atoms with Crippen molar-refractivity contribution in [1.29, 1.82) is 0 Å². The lowest BCUT2D eigenvalue weighted by molar-refractivity contribution is 0.442. The quantitative estimate of drug-likeness (QED) is 0.345. The molecule has 0 fully saturated rings. The van der Waals surface area contributed by atoms with Gasteiger partial charge in [0.25, 0.3) is 0 Å². The molecule has 0 spiro atoms. The average Bonchev–Trinajstić information content (AvgIpc) is 2.23. The molecule has 0 aromatic carbocycles. The van der Waals surface area contributed by atoms with Crippen molar-refractivity contribution < 1.29 is 0 Å². The highest BCUT2D eigenvalue weighted by Gasteiger charge is 2.01. The normalized spacial score (nSPS) is 12.9. The van der Waals surface area contributed by atoms with Crippen molar-refractivity contribution in [2.24, 2.45) is 5.92 Å². The third kappa shape index (κ3) is 12.0. The van der Waals surface area contributed by atoms with Crippen LogP contribution in [0.15, 0.2) is 0 Å². The van der Waals surface area contributed by atoms with E-state index in [1.165, 1.54) is 70.5 Å². The monoisotopic (exact) mass is 210 g/mol. The first-order valence-electron chi connectivity index (χ1n) is 7.31. The molecule has 0 N–H and O–H groups in total. The summed E-state index contributed by atoms with van der Waals surface area (Å²) in [4.78, 5) is 0. The Bertz CT molecular complexity index is 112. The minimum atomic E-state index is 0.975. The lowest BCUT2D eigenvalue weighted by Gasteiger charge is -2.10. The maximum Gasteiger partial charge on any atom is 0.101 e. The van der Waals surface area contributed by atoms with Crippen LogP contribution in [0.2, 0.25) is 6.32 Å². The van der Waals surface area contributed by atoms with Gasteiger partial charge in [-0.25, -0.2) is 0 Å². The Hall–Kier alpha value is 0.0649. The molecular formula is C14H31B. The first kappa shape index (κ1) is 15.1. The third-order valence-corrected chi connectivity index (χ3v) is 3.35. The second-order valence-corrected chi connectivity index (χ2v) is 5.16. The molecule has 0 radical (unpaired) electrons. The molecule has 0 saturated heterocycles. The van der Waals surface area contributed by atoms with Gasteiger partial charge in [0.2, 0.25) is 0 Å². The maximum atomic E-state index is 2.43. The lowest BCUT2D eigenvalue weighted by Crippen LogP contribution is -1.94. The number of rotatable bonds is 11. The first-order chi connectivity index (χ1) is 7.31. The number of hydrogen-bond donors (Lipinski definition) is 0. The van der Waals surface area contributed by atoms with E-state index in [0.29, 0.717) is 0 Å². The highest BCUT2D eigenvalue weighted by molar-refractivity contribution is 6.08. The van der Waals surface area contributed by atoms with E-state index in [-0.39, 0.29) is 0 Å². The summed E-state index contributed by atoms with van der Waals surface area (Å²) in [6.07, 6.45) is 15.8. The molecule has 1 atom stereocenters. The van der Waals surface area contributed by atoms with E-state index in [1.54, 1.807) is 0 Å². The molecule has 1 heteroatoms. The van der Waals surface area contributed by atoms with Crippen LogP contribution in [-0.2, 0) is 0 Å². The van der Waals surface area contributed by atoms with E-state index < -0.39 is 0 Å². The molecule has 0 heterocycles. The molecule has 15 heavy (non-hydrogen) atoms. The Morgan fingerprint density at radius 3 is 1.93 bits per heavy atom. The van der Waals surface area contributed by atoms with Crippen LogP contribution >= 0.6 is 0 Å². The molecule has 0 rings (SSSR count). The SMILES string of the molecule is BCCCCC(C)CCCCCCCC. The van der Waals surface area contributed by atoms with Gasteiger partial charge < -0.3 is 0 Å². The van der Waals surface area contributed by atoms with E-state index in [0.717, 1.165) is 5.92 Å². The van der Waals surface area contributed by atoms with Gasteiger partial charge in [-0.3, -0.25) is 0 Å². The van der Waals surface area contributed by atoms with Crippen molar-refractivity contribution in [3.8, 4) is 0 Å². The molecule has 1 unspecified atom stereocenters. The summed E-state index contributed by atoms with van der Waals surface area (Å²) < 4.78 is 0. The largest absolute Gasteiger partial charge is 0.101 e. The number of hydrogen-bond acceptors (Lipinski definition) is 0. The molecule has 0 aliphatic carbocycles. The Morgan fingerprint density at radius 1 is 0.800 bits per heavy atom. The van der Waals surface area contributed by atoms with Crippen molar-refractivity contribution in [3.05, 3.63) is 0 Å². The van der Waals surface area contributed by atoms with Crippen molar-refractivity contribution in [3.63, 3.8) is 0 Å². The van der Waals surface area contributed by atoms with Crippen LogP contribution in [0.1, 0.15) is 78.1 Å². The van der Waals surface area contributed by atoms with Crippen molar-refractivity contribution in [1.82, 2.24) is 0 Å².